The third-order valence-electron chi connectivity index (χ3n) is 3.58. The van der Waals surface area contributed by atoms with E-state index in [0.717, 1.165) is 26.1 Å². The number of amides is 1. The molecule has 0 aliphatic carbocycles. The van der Waals surface area contributed by atoms with Gasteiger partial charge in [0.2, 0.25) is 5.91 Å². The summed E-state index contributed by atoms with van der Waals surface area (Å²) in [5.41, 5.74) is 1.40. The van der Waals surface area contributed by atoms with Crippen LogP contribution in [0, 0.1) is 5.41 Å². The Morgan fingerprint density at radius 2 is 2.00 bits per heavy atom. The second-order valence-corrected chi connectivity index (χ2v) is 7.01. The molecule has 1 heterocycles. The summed E-state index contributed by atoms with van der Waals surface area (Å²) < 4.78 is 0. The van der Waals surface area contributed by atoms with Gasteiger partial charge in [-0.25, -0.2) is 0 Å². The molecule has 0 saturated carbocycles. The van der Waals surface area contributed by atoms with Gasteiger partial charge in [-0.15, -0.1) is 0 Å². The standard InChI is InChI=1S/C17H26N2O/c1-17(2,3)11-16(20)18-15-9-10-19(13-15)12-14-7-5-4-6-8-14/h4-8,15H,9-13H2,1-3H3,(H,18,20)/t15-/m1/s1. The molecular formula is C17H26N2O. The Morgan fingerprint density at radius 3 is 2.65 bits per heavy atom. The highest BCUT2D eigenvalue weighted by atomic mass is 16.1. The van der Waals surface area contributed by atoms with Crippen LogP contribution in [0.1, 0.15) is 39.2 Å². The van der Waals surface area contributed by atoms with Gasteiger partial charge in [0.25, 0.3) is 0 Å². The normalized spacial score (nSPS) is 20.1. The van der Waals surface area contributed by atoms with Crippen molar-refractivity contribution in [3.8, 4) is 0 Å². The smallest absolute Gasteiger partial charge is 0.220 e. The zero-order valence-electron chi connectivity index (χ0n) is 12.9. The third-order valence-corrected chi connectivity index (χ3v) is 3.58. The topological polar surface area (TPSA) is 32.3 Å². The van der Waals surface area contributed by atoms with Crippen molar-refractivity contribution < 1.29 is 4.79 Å². The summed E-state index contributed by atoms with van der Waals surface area (Å²) in [4.78, 5) is 14.4. The monoisotopic (exact) mass is 274 g/mol. The summed E-state index contributed by atoms with van der Waals surface area (Å²) in [6.07, 6.45) is 1.66. The van der Waals surface area contributed by atoms with Crippen molar-refractivity contribution in [3.05, 3.63) is 35.9 Å². The lowest BCUT2D eigenvalue weighted by molar-refractivity contribution is -0.123. The van der Waals surface area contributed by atoms with E-state index in [0.29, 0.717) is 12.5 Å². The molecule has 2 rings (SSSR count). The van der Waals surface area contributed by atoms with Crippen LogP contribution in [-0.4, -0.2) is 29.9 Å². The van der Waals surface area contributed by atoms with E-state index in [1.54, 1.807) is 0 Å². The Labute approximate surface area is 122 Å². The molecule has 1 saturated heterocycles. The summed E-state index contributed by atoms with van der Waals surface area (Å²) >= 11 is 0. The zero-order valence-corrected chi connectivity index (χ0v) is 12.9. The summed E-state index contributed by atoms with van der Waals surface area (Å²) in [5, 5.41) is 3.17. The highest BCUT2D eigenvalue weighted by Crippen LogP contribution is 2.19. The molecule has 0 unspecified atom stereocenters. The second kappa shape index (κ2) is 6.40. The third kappa shape index (κ3) is 4.97. The quantitative estimate of drug-likeness (QED) is 0.915. The number of rotatable bonds is 4. The summed E-state index contributed by atoms with van der Waals surface area (Å²) in [6, 6.07) is 10.8. The minimum absolute atomic E-state index is 0.0619. The van der Waals surface area contributed by atoms with Crippen LogP contribution in [0.3, 0.4) is 0 Å². The van der Waals surface area contributed by atoms with Crippen LogP contribution in [0.4, 0.5) is 0 Å². The number of carbonyl (C=O) groups excluding carboxylic acids is 1. The summed E-state index contributed by atoms with van der Waals surface area (Å²) in [7, 11) is 0. The first-order valence-corrected chi connectivity index (χ1v) is 7.48. The van der Waals surface area contributed by atoms with E-state index in [9.17, 15) is 4.79 Å². The molecule has 0 bridgehead atoms. The van der Waals surface area contributed by atoms with Crippen molar-refractivity contribution in [2.75, 3.05) is 13.1 Å². The van der Waals surface area contributed by atoms with Gasteiger partial charge in [-0.05, 0) is 17.4 Å². The highest BCUT2D eigenvalue weighted by molar-refractivity contribution is 5.76. The van der Waals surface area contributed by atoms with Gasteiger partial charge in [-0.2, -0.15) is 0 Å². The molecule has 110 valence electrons. The molecule has 3 nitrogen and oxygen atoms in total. The lowest BCUT2D eigenvalue weighted by Gasteiger charge is -2.20. The van der Waals surface area contributed by atoms with Crippen LogP contribution >= 0.6 is 0 Å². The molecule has 1 aliphatic rings. The number of hydrogen-bond acceptors (Lipinski definition) is 2. The van der Waals surface area contributed by atoms with Gasteiger partial charge in [0.1, 0.15) is 0 Å². The van der Waals surface area contributed by atoms with Gasteiger partial charge in [0.05, 0.1) is 0 Å². The number of nitrogens with zero attached hydrogens (tertiary/aromatic N) is 1. The van der Waals surface area contributed by atoms with E-state index in [4.69, 9.17) is 0 Å². The molecule has 0 radical (unpaired) electrons. The Bertz CT molecular complexity index is 436. The Balaban J connectivity index is 1.77. The van der Waals surface area contributed by atoms with Gasteiger partial charge in [-0.1, -0.05) is 51.1 Å². The van der Waals surface area contributed by atoms with Crippen molar-refractivity contribution >= 4 is 5.91 Å². The number of hydrogen-bond donors (Lipinski definition) is 1. The first-order valence-electron chi connectivity index (χ1n) is 7.48. The first-order chi connectivity index (χ1) is 9.42. The summed E-state index contributed by atoms with van der Waals surface area (Å²) in [5.74, 6) is 0.184. The van der Waals surface area contributed by atoms with Gasteiger partial charge >= 0.3 is 0 Å². The van der Waals surface area contributed by atoms with Gasteiger partial charge in [0.15, 0.2) is 0 Å². The predicted octanol–water partition coefficient (Wildman–Crippen LogP) is 2.81. The molecule has 0 aromatic heterocycles. The van der Waals surface area contributed by atoms with Crippen molar-refractivity contribution in [3.63, 3.8) is 0 Å². The molecule has 1 aliphatic heterocycles. The average Bonchev–Trinajstić information content (AvgIpc) is 2.75. The minimum Gasteiger partial charge on any atom is -0.352 e. The van der Waals surface area contributed by atoms with Gasteiger partial charge in [-0.3, -0.25) is 9.69 Å². The van der Waals surface area contributed by atoms with Crippen molar-refractivity contribution in [2.45, 2.75) is 46.2 Å². The fourth-order valence-electron chi connectivity index (χ4n) is 2.70. The number of nitrogens with one attached hydrogen (secondary N) is 1. The minimum atomic E-state index is 0.0619. The molecule has 0 spiro atoms. The number of benzene rings is 1. The van der Waals surface area contributed by atoms with Crippen LogP contribution in [0.25, 0.3) is 0 Å². The van der Waals surface area contributed by atoms with E-state index in [-0.39, 0.29) is 11.3 Å². The van der Waals surface area contributed by atoms with Crippen LogP contribution in [0.2, 0.25) is 0 Å². The van der Waals surface area contributed by atoms with Gasteiger partial charge < -0.3 is 5.32 Å². The van der Waals surface area contributed by atoms with Crippen molar-refractivity contribution in [1.29, 1.82) is 0 Å². The van der Waals surface area contributed by atoms with Crippen molar-refractivity contribution in [1.82, 2.24) is 10.2 Å². The molecule has 1 aromatic carbocycles. The van der Waals surface area contributed by atoms with Crippen LogP contribution in [-0.2, 0) is 11.3 Å². The first kappa shape index (κ1) is 15.0. The molecule has 1 aromatic rings. The van der Waals surface area contributed by atoms with E-state index >= 15 is 0 Å². The largest absolute Gasteiger partial charge is 0.352 e. The van der Waals surface area contributed by atoms with Gasteiger partial charge in [0, 0.05) is 32.1 Å². The van der Waals surface area contributed by atoms with E-state index < -0.39 is 0 Å². The fourth-order valence-corrected chi connectivity index (χ4v) is 2.70. The highest BCUT2D eigenvalue weighted by Gasteiger charge is 2.25. The Morgan fingerprint density at radius 1 is 1.30 bits per heavy atom. The number of carbonyl (C=O) groups is 1. The maximum Gasteiger partial charge on any atom is 0.220 e. The lowest BCUT2D eigenvalue weighted by atomic mass is 9.92. The Kier molecular flexibility index (Phi) is 4.81. The molecule has 1 atom stereocenters. The maximum atomic E-state index is 12.0. The summed E-state index contributed by atoms with van der Waals surface area (Å²) in [6.45, 7) is 9.31. The maximum absolute atomic E-state index is 12.0. The molecular weight excluding hydrogens is 248 g/mol. The zero-order chi connectivity index (χ0) is 14.6. The van der Waals surface area contributed by atoms with E-state index in [1.165, 1.54) is 5.56 Å². The molecule has 3 heteroatoms. The lowest BCUT2D eigenvalue weighted by Crippen LogP contribution is -2.38. The van der Waals surface area contributed by atoms with Crippen LogP contribution in [0.5, 0.6) is 0 Å². The number of likely N-dealkylation sites (tertiary alicyclic amines) is 1. The molecule has 1 N–H and O–H groups in total. The second-order valence-electron chi connectivity index (χ2n) is 7.01. The molecule has 1 fully saturated rings. The van der Waals surface area contributed by atoms with Crippen LogP contribution < -0.4 is 5.32 Å². The molecule has 20 heavy (non-hydrogen) atoms. The SMILES string of the molecule is CC(C)(C)CC(=O)N[C@@H]1CCN(Cc2ccccc2)C1. The molecule has 1 amide bonds. The van der Waals surface area contributed by atoms with E-state index in [1.807, 2.05) is 6.07 Å². The van der Waals surface area contributed by atoms with Crippen LogP contribution in [0.15, 0.2) is 30.3 Å². The van der Waals surface area contributed by atoms with E-state index in [2.05, 4.69) is 55.3 Å². The fraction of sp³-hybridized carbons (Fsp3) is 0.588. The van der Waals surface area contributed by atoms with Crippen molar-refractivity contribution in [2.24, 2.45) is 5.41 Å². The average molecular weight is 274 g/mol. The predicted molar refractivity (Wildman–Crippen MR) is 82.3 cm³/mol. The Hall–Kier alpha value is -1.35.